The lowest BCUT2D eigenvalue weighted by atomic mass is 10.2. The van der Waals surface area contributed by atoms with E-state index in [1.807, 2.05) is 0 Å². The van der Waals surface area contributed by atoms with Gasteiger partial charge in [-0.15, -0.1) is 5.10 Å². The number of primary sulfonamides is 1. The van der Waals surface area contributed by atoms with Gasteiger partial charge in [-0.2, -0.15) is 0 Å². The smallest absolute Gasteiger partial charge is 0.337 e. The van der Waals surface area contributed by atoms with Gasteiger partial charge in [0.2, 0.25) is 10.0 Å². The molecule has 1 heterocycles. The third-order valence-electron chi connectivity index (χ3n) is 2.56. The highest BCUT2D eigenvalue weighted by Crippen LogP contribution is 2.16. The van der Waals surface area contributed by atoms with Gasteiger partial charge in [0.15, 0.2) is 0 Å². The first-order chi connectivity index (χ1) is 8.88. The van der Waals surface area contributed by atoms with Crippen LogP contribution in [0.15, 0.2) is 18.2 Å². The van der Waals surface area contributed by atoms with Gasteiger partial charge in [-0.3, -0.25) is 0 Å². The number of nitrogens with two attached hydrogens (primary N) is 1. The predicted molar refractivity (Wildman–Crippen MR) is 67.1 cm³/mol. The molecule has 102 valence electrons. The molecule has 0 aliphatic rings. The van der Waals surface area contributed by atoms with Crippen LogP contribution in [0.5, 0.6) is 0 Å². The molecule has 1 aromatic carbocycles. The average Bonchev–Trinajstić information content (AvgIpc) is 2.70. The van der Waals surface area contributed by atoms with Gasteiger partial charge in [0.05, 0.1) is 11.3 Å². The van der Waals surface area contributed by atoms with Crippen LogP contribution in [-0.2, 0) is 16.6 Å². The molecule has 1 aromatic heterocycles. The van der Waals surface area contributed by atoms with Crippen LogP contribution < -0.4 is 5.14 Å². The molecule has 0 saturated heterocycles. The number of carboxylic acids is 1. The second-order valence-corrected chi connectivity index (χ2v) is 5.75. The number of nitrogens with zero attached hydrogens (tertiary/aromatic N) is 3. The first kappa shape index (κ1) is 13.4. The number of benzene rings is 1. The third-order valence-corrected chi connectivity index (χ3v) is 3.42. The lowest BCUT2D eigenvalue weighted by molar-refractivity contribution is 0.0698. The molecule has 0 saturated carbocycles. The number of para-hydroxylation sites is 1. The summed E-state index contributed by atoms with van der Waals surface area (Å²) < 4.78 is 23.1. The summed E-state index contributed by atoms with van der Waals surface area (Å²) in [5.41, 5.74) is 0.915. The van der Waals surface area contributed by atoms with Crippen LogP contribution in [0, 0.1) is 0 Å². The van der Waals surface area contributed by atoms with E-state index in [1.165, 1.54) is 10.7 Å². The van der Waals surface area contributed by atoms with E-state index >= 15 is 0 Å². The maximum absolute atomic E-state index is 11.1. The Balaban J connectivity index is 2.31. The van der Waals surface area contributed by atoms with Crippen molar-refractivity contribution in [1.82, 2.24) is 15.0 Å². The molecule has 0 atom stereocenters. The lowest BCUT2D eigenvalue weighted by Gasteiger charge is -2.03. The predicted octanol–water partition coefficient (Wildman–Crippen LogP) is -0.192. The molecule has 0 unspecified atom stereocenters. The van der Waals surface area contributed by atoms with Gasteiger partial charge in [0.1, 0.15) is 11.0 Å². The normalized spacial score (nSPS) is 11.8. The largest absolute Gasteiger partial charge is 0.478 e. The molecule has 9 heteroatoms. The molecule has 0 fully saturated rings. The molecule has 8 nitrogen and oxygen atoms in total. The van der Waals surface area contributed by atoms with Gasteiger partial charge in [-0.25, -0.2) is 23.0 Å². The minimum atomic E-state index is -3.53. The fourth-order valence-corrected chi connectivity index (χ4v) is 2.31. The van der Waals surface area contributed by atoms with Gasteiger partial charge >= 0.3 is 5.97 Å². The van der Waals surface area contributed by atoms with Gasteiger partial charge in [-0.1, -0.05) is 11.3 Å². The summed E-state index contributed by atoms with van der Waals surface area (Å²) in [7, 11) is -3.53. The molecule has 2 aromatic rings. The van der Waals surface area contributed by atoms with Crippen molar-refractivity contribution in [2.24, 2.45) is 5.14 Å². The van der Waals surface area contributed by atoms with Crippen molar-refractivity contribution < 1.29 is 18.3 Å². The van der Waals surface area contributed by atoms with Crippen molar-refractivity contribution in [3.63, 3.8) is 0 Å². The monoisotopic (exact) mass is 284 g/mol. The summed E-state index contributed by atoms with van der Waals surface area (Å²) in [5, 5.41) is 21.7. The second-order valence-electron chi connectivity index (χ2n) is 4.01. The van der Waals surface area contributed by atoms with Gasteiger partial charge < -0.3 is 5.11 Å². The van der Waals surface area contributed by atoms with Crippen molar-refractivity contribution in [3.05, 3.63) is 23.8 Å². The molecule has 0 aliphatic heterocycles. The number of carboxylic acid groups (broad SMARTS) is 1. The summed E-state index contributed by atoms with van der Waals surface area (Å²) in [5.74, 6) is -1.27. The van der Waals surface area contributed by atoms with Crippen molar-refractivity contribution in [3.8, 4) is 0 Å². The van der Waals surface area contributed by atoms with E-state index in [0.29, 0.717) is 11.0 Å². The van der Waals surface area contributed by atoms with E-state index in [4.69, 9.17) is 10.2 Å². The van der Waals surface area contributed by atoms with Gasteiger partial charge in [0, 0.05) is 6.54 Å². The molecular formula is C10H12N4O4S. The molecule has 3 N–H and O–H groups in total. The molecule has 19 heavy (non-hydrogen) atoms. The highest BCUT2D eigenvalue weighted by molar-refractivity contribution is 7.89. The zero-order valence-electron chi connectivity index (χ0n) is 9.85. The van der Waals surface area contributed by atoms with Crippen LogP contribution in [0.25, 0.3) is 11.0 Å². The van der Waals surface area contributed by atoms with Crippen LogP contribution in [0.2, 0.25) is 0 Å². The molecule has 0 radical (unpaired) electrons. The summed E-state index contributed by atoms with van der Waals surface area (Å²) in [6, 6.07) is 4.67. The Labute approximate surface area is 108 Å². The first-order valence-corrected chi connectivity index (χ1v) is 7.16. The SMILES string of the molecule is NS(=O)(=O)CCCn1nnc2cccc(C(=O)O)c21. The standard InChI is InChI=1S/C10H12N4O4S/c11-19(17,18)6-2-5-14-9-7(10(15)16)3-1-4-8(9)12-13-14/h1,3-4H,2,5-6H2,(H,15,16)(H2,11,17,18). The number of sulfonamides is 1. The number of rotatable bonds is 5. The zero-order chi connectivity index (χ0) is 14.0. The van der Waals surface area contributed by atoms with Crippen molar-refractivity contribution >= 4 is 27.0 Å². The maximum atomic E-state index is 11.1. The Kier molecular flexibility index (Phi) is 3.49. The number of aromatic carboxylic acids is 1. The quantitative estimate of drug-likeness (QED) is 0.783. The molecule has 0 aliphatic carbocycles. The van der Waals surface area contributed by atoms with Crippen molar-refractivity contribution in [2.45, 2.75) is 13.0 Å². The number of aromatic nitrogens is 3. The van der Waals surface area contributed by atoms with Gasteiger partial charge in [-0.05, 0) is 18.6 Å². The second kappa shape index (κ2) is 4.94. The Morgan fingerprint density at radius 1 is 1.42 bits per heavy atom. The molecule has 2 rings (SSSR count). The number of hydrogen-bond acceptors (Lipinski definition) is 5. The topological polar surface area (TPSA) is 128 Å². The summed E-state index contributed by atoms with van der Waals surface area (Å²) in [6.45, 7) is 0.233. The van der Waals surface area contributed by atoms with Crippen LogP contribution in [0.4, 0.5) is 0 Å². The van der Waals surface area contributed by atoms with E-state index in [2.05, 4.69) is 10.3 Å². The number of aryl methyl sites for hydroxylation is 1. The highest BCUT2D eigenvalue weighted by Gasteiger charge is 2.14. The molecule has 0 spiro atoms. The maximum Gasteiger partial charge on any atom is 0.337 e. The fourth-order valence-electron chi connectivity index (χ4n) is 1.77. The van der Waals surface area contributed by atoms with Crippen LogP contribution in [-0.4, -0.2) is 40.2 Å². The lowest BCUT2D eigenvalue weighted by Crippen LogP contribution is -2.18. The first-order valence-electron chi connectivity index (χ1n) is 5.44. The van der Waals surface area contributed by atoms with Crippen LogP contribution >= 0.6 is 0 Å². The van der Waals surface area contributed by atoms with Crippen molar-refractivity contribution in [2.75, 3.05) is 5.75 Å². The van der Waals surface area contributed by atoms with Crippen LogP contribution in [0.1, 0.15) is 16.8 Å². The molecule has 0 amide bonds. The molecule has 0 bridgehead atoms. The van der Waals surface area contributed by atoms with Gasteiger partial charge in [0.25, 0.3) is 0 Å². The Bertz CT molecular complexity index is 722. The minimum Gasteiger partial charge on any atom is -0.478 e. The number of fused-ring (bicyclic) bond motifs is 1. The number of hydrogen-bond donors (Lipinski definition) is 2. The van der Waals surface area contributed by atoms with E-state index in [-0.39, 0.29) is 24.3 Å². The molecular weight excluding hydrogens is 272 g/mol. The summed E-state index contributed by atoms with van der Waals surface area (Å²) in [4.78, 5) is 11.1. The Morgan fingerprint density at radius 2 is 2.16 bits per heavy atom. The van der Waals surface area contributed by atoms with E-state index in [1.54, 1.807) is 12.1 Å². The summed E-state index contributed by atoms with van der Waals surface area (Å²) >= 11 is 0. The number of carbonyl (C=O) groups is 1. The Hall–Kier alpha value is -2.00. The zero-order valence-corrected chi connectivity index (χ0v) is 10.7. The van der Waals surface area contributed by atoms with Crippen molar-refractivity contribution in [1.29, 1.82) is 0 Å². The minimum absolute atomic E-state index is 0.0816. The third kappa shape index (κ3) is 3.06. The van der Waals surface area contributed by atoms with E-state index in [9.17, 15) is 13.2 Å². The van der Waals surface area contributed by atoms with Crippen LogP contribution in [0.3, 0.4) is 0 Å². The highest BCUT2D eigenvalue weighted by atomic mass is 32.2. The fraction of sp³-hybridized carbons (Fsp3) is 0.300. The van der Waals surface area contributed by atoms with E-state index < -0.39 is 16.0 Å². The summed E-state index contributed by atoms with van der Waals surface area (Å²) in [6.07, 6.45) is 0.241. The van der Waals surface area contributed by atoms with E-state index in [0.717, 1.165) is 0 Å². The Morgan fingerprint density at radius 3 is 2.79 bits per heavy atom. The average molecular weight is 284 g/mol.